The Morgan fingerprint density at radius 2 is 2.17 bits per heavy atom. The number of aliphatic carboxylic acids is 1. The van der Waals surface area contributed by atoms with E-state index >= 15 is 0 Å². The SMILES string of the molecule is CCCC(Sc1ncnc2ccccc12)C(=O)O. The van der Waals surface area contributed by atoms with Crippen LogP contribution in [0.2, 0.25) is 0 Å². The van der Waals surface area contributed by atoms with Crippen molar-refractivity contribution >= 4 is 28.6 Å². The van der Waals surface area contributed by atoms with Crippen LogP contribution in [-0.2, 0) is 4.79 Å². The minimum atomic E-state index is -0.787. The number of fused-ring (bicyclic) bond motifs is 1. The van der Waals surface area contributed by atoms with Gasteiger partial charge in [0.1, 0.15) is 16.6 Å². The summed E-state index contributed by atoms with van der Waals surface area (Å²) in [5, 5.41) is 10.4. The fourth-order valence-electron chi connectivity index (χ4n) is 1.70. The van der Waals surface area contributed by atoms with Crippen molar-refractivity contribution in [1.82, 2.24) is 9.97 Å². The quantitative estimate of drug-likeness (QED) is 0.663. The molecule has 5 heteroatoms. The van der Waals surface area contributed by atoms with Gasteiger partial charge >= 0.3 is 5.97 Å². The van der Waals surface area contributed by atoms with Gasteiger partial charge in [0.25, 0.3) is 0 Å². The molecule has 0 aliphatic carbocycles. The monoisotopic (exact) mass is 262 g/mol. The van der Waals surface area contributed by atoms with Crippen LogP contribution in [0.3, 0.4) is 0 Å². The summed E-state index contributed by atoms with van der Waals surface area (Å²) in [6.45, 7) is 1.98. The summed E-state index contributed by atoms with van der Waals surface area (Å²) >= 11 is 1.30. The fourth-order valence-corrected chi connectivity index (χ4v) is 2.84. The number of thioether (sulfide) groups is 1. The Morgan fingerprint density at radius 1 is 1.39 bits per heavy atom. The van der Waals surface area contributed by atoms with E-state index in [1.807, 2.05) is 31.2 Å². The predicted octanol–water partition coefficient (Wildman–Crippen LogP) is 2.98. The predicted molar refractivity (Wildman–Crippen MR) is 71.7 cm³/mol. The lowest BCUT2D eigenvalue weighted by molar-refractivity contribution is -0.136. The zero-order valence-corrected chi connectivity index (χ0v) is 10.9. The van der Waals surface area contributed by atoms with E-state index in [-0.39, 0.29) is 0 Å². The lowest BCUT2D eigenvalue weighted by Gasteiger charge is -2.11. The van der Waals surface area contributed by atoms with Crippen molar-refractivity contribution in [2.45, 2.75) is 30.0 Å². The maximum absolute atomic E-state index is 11.2. The van der Waals surface area contributed by atoms with Crippen molar-refractivity contribution in [2.24, 2.45) is 0 Å². The largest absolute Gasteiger partial charge is 0.480 e. The molecular formula is C13H14N2O2S. The van der Waals surface area contributed by atoms with E-state index in [4.69, 9.17) is 0 Å². The first kappa shape index (κ1) is 12.8. The van der Waals surface area contributed by atoms with E-state index in [1.165, 1.54) is 18.1 Å². The molecule has 2 aromatic rings. The topological polar surface area (TPSA) is 63.1 Å². The van der Waals surface area contributed by atoms with Crippen molar-refractivity contribution in [1.29, 1.82) is 0 Å². The maximum atomic E-state index is 11.2. The molecule has 0 aliphatic heterocycles. The third kappa shape index (κ3) is 2.79. The molecule has 1 heterocycles. The zero-order chi connectivity index (χ0) is 13.0. The molecule has 4 nitrogen and oxygen atoms in total. The number of para-hydroxylation sites is 1. The van der Waals surface area contributed by atoms with Crippen LogP contribution < -0.4 is 0 Å². The summed E-state index contributed by atoms with van der Waals surface area (Å²) in [7, 11) is 0. The fraction of sp³-hybridized carbons (Fsp3) is 0.308. The lowest BCUT2D eigenvalue weighted by Crippen LogP contribution is -2.16. The van der Waals surface area contributed by atoms with Gasteiger partial charge in [-0.25, -0.2) is 9.97 Å². The molecule has 0 saturated carbocycles. The number of carboxylic acids is 1. The molecule has 0 spiro atoms. The summed E-state index contributed by atoms with van der Waals surface area (Å²) in [6, 6.07) is 7.63. The summed E-state index contributed by atoms with van der Waals surface area (Å²) in [5.74, 6) is -0.787. The first-order valence-corrected chi connectivity index (χ1v) is 6.69. The van der Waals surface area contributed by atoms with Gasteiger partial charge in [0.15, 0.2) is 0 Å². The van der Waals surface area contributed by atoms with Crippen LogP contribution in [0.1, 0.15) is 19.8 Å². The molecule has 1 unspecified atom stereocenters. The third-order valence-electron chi connectivity index (χ3n) is 2.59. The van der Waals surface area contributed by atoms with Gasteiger partial charge in [0.2, 0.25) is 0 Å². The highest BCUT2D eigenvalue weighted by molar-refractivity contribution is 8.00. The Bertz CT molecular complexity index is 554. The summed E-state index contributed by atoms with van der Waals surface area (Å²) in [5.41, 5.74) is 0.843. The average Bonchev–Trinajstić information content (AvgIpc) is 2.38. The minimum Gasteiger partial charge on any atom is -0.480 e. The highest BCUT2D eigenvalue weighted by atomic mass is 32.2. The average molecular weight is 262 g/mol. The Hall–Kier alpha value is -1.62. The third-order valence-corrected chi connectivity index (χ3v) is 3.86. The molecule has 1 atom stereocenters. The molecule has 1 N–H and O–H groups in total. The van der Waals surface area contributed by atoms with Crippen molar-refractivity contribution in [2.75, 3.05) is 0 Å². The van der Waals surface area contributed by atoms with E-state index in [9.17, 15) is 9.90 Å². The summed E-state index contributed by atoms with van der Waals surface area (Å²) in [4.78, 5) is 19.5. The van der Waals surface area contributed by atoms with Crippen LogP contribution in [0, 0.1) is 0 Å². The zero-order valence-electron chi connectivity index (χ0n) is 10.0. The number of hydrogen-bond donors (Lipinski definition) is 1. The molecule has 0 fully saturated rings. The van der Waals surface area contributed by atoms with Gasteiger partial charge in [0, 0.05) is 5.39 Å². The van der Waals surface area contributed by atoms with Crippen molar-refractivity contribution < 1.29 is 9.90 Å². The summed E-state index contributed by atoms with van der Waals surface area (Å²) in [6.07, 6.45) is 2.96. The summed E-state index contributed by atoms with van der Waals surface area (Å²) < 4.78 is 0. The van der Waals surface area contributed by atoms with E-state index < -0.39 is 11.2 Å². The lowest BCUT2D eigenvalue weighted by atomic mass is 10.2. The van der Waals surface area contributed by atoms with Crippen molar-refractivity contribution in [3.05, 3.63) is 30.6 Å². The molecule has 2 rings (SSSR count). The Balaban J connectivity index is 2.33. The first-order chi connectivity index (χ1) is 8.72. The van der Waals surface area contributed by atoms with E-state index in [2.05, 4.69) is 9.97 Å². The van der Waals surface area contributed by atoms with Gasteiger partial charge in [-0.15, -0.1) is 0 Å². The number of carboxylic acid groups (broad SMARTS) is 1. The number of hydrogen-bond acceptors (Lipinski definition) is 4. The highest BCUT2D eigenvalue weighted by Crippen LogP contribution is 2.29. The normalized spacial score (nSPS) is 12.5. The number of nitrogens with zero attached hydrogens (tertiary/aromatic N) is 2. The van der Waals surface area contributed by atoms with Crippen LogP contribution in [0.25, 0.3) is 10.9 Å². The van der Waals surface area contributed by atoms with Crippen LogP contribution in [-0.4, -0.2) is 26.3 Å². The number of carbonyl (C=O) groups is 1. The smallest absolute Gasteiger partial charge is 0.317 e. The molecule has 0 amide bonds. The molecular weight excluding hydrogens is 248 g/mol. The van der Waals surface area contributed by atoms with Crippen LogP contribution in [0.4, 0.5) is 0 Å². The van der Waals surface area contributed by atoms with Crippen LogP contribution in [0.5, 0.6) is 0 Å². The second kappa shape index (κ2) is 5.82. The first-order valence-electron chi connectivity index (χ1n) is 5.81. The van der Waals surface area contributed by atoms with E-state index in [0.29, 0.717) is 6.42 Å². The Morgan fingerprint density at radius 3 is 2.89 bits per heavy atom. The standard InChI is InChI=1S/C13H14N2O2S/c1-2-5-11(13(16)17)18-12-9-6-3-4-7-10(9)14-8-15-12/h3-4,6-8,11H,2,5H2,1H3,(H,16,17). The second-order valence-corrected chi connectivity index (χ2v) is 5.12. The number of rotatable bonds is 5. The van der Waals surface area contributed by atoms with Crippen LogP contribution in [0.15, 0.2) is 35.6 Å². The van der Waals surface area contributed by atoms with Crippen molar-refractivity contribution in [3.63, 3.8) is 0 Å². The second-order valence-electron chi connectivity index (χ2n) is 3.93. The molecule has 94 valence electrons. The van der Waals surface area contributed by atoms with Gasteiger partial charge in [-0.1, -0.05) is 43.3 Å². The maximum Gasteiger partial charge on any atom is 0.317 e. The highest BCUT2D eigenvalue weighted by Gasteiger charge is 2.19. The number of benzene rings is 1. The molecule has 1 aromatic heterocycles. The Kier molecular flexibility index (Phi) is 4.15. The molecule has 0 radical (unpaired) electrons. The minimum absolute atomic E-state index is 0.451. The van der Waals surface area contributed by atoms with E-state index in [1.54, 1.807) is 0 Å². The molecule has 0 aliphatic rings. The van der Waals surface area contributed by atoms with Gasteiger partial charge < -0.3 is 5.11 Å². The number of aromatic nitrogens is 2. The molecule has 18 heavy (non-hydrogen) atoms. The van der Waals surface area contributed by atoms with Gasteiger partial charge in [-0.3, -0.25) is 4.79 Å². The van der Waals surface area contributed by atoms with Gasteiger partial charge in [-0.2, -0.15) is 0 Å². The molecule has 0 bridgehead atoms. The molecule has 1 aromatic carbocycles. The van der Waals surface area contributed by atoms with Crippen LogP contribution >= 0.6 is 11.8 Å². The van der Waals surface area contributed by atoms with Gasteiger partial charge in [-0.05, 0) is 12.5 Å². The van der Waals surface area contributed by atoms with E-state index in [0.717, 1.165) is 22.3 Å². The Labute approximate surface area is 109 Å². The van der Waals surface area contributed by atoms with Gasteiger partial charge in [0.05, 0.1) is 5.52 Å². The molecule has 0 saturated heterocycles. The van der Waals surface area contributed by atoms with Crippen molar-refractivity contribution in [3.8, 4) is 0 Å².